The SMILES string of the molecule is CCC(C)(C(=O)N(C)Cc1nccn1C)C(N)=S. The largest absolute Gasteiger partial charge is 0.392 e. The van der Waals surface area contributed by atoms with E-state index in [1.807, 2.05) is 24.7 Å². The minimum Gasteiger partial charge on any atom is -0.392 e. The highest BCUT2D eigenvalue weighted by Crippen LogP contribution is 2.24. The van der Waals surface area contributed by atoms with Crippen molar-refractivity contribution < 1.29 is 4.79 Å². The molecule has 0 aliphatic heterocycles. The summed E-state index contributed by atoms with van der Waals surface area (Å²) in [6, 6.07) is 0. The maximum absolute atomic E-state index is 12.4. The Morgan fingerprint density at radius 3 is 2.67 bits per heavy atom. The Hall–Kier alpha value is -1.43. The van der Waals surface area contributed by atoms with Crippen molar-refractivity contribution in [2.45, 2.75) is 26.8 Å². The summed E-state index contributed by atoms with van der Waals surface area (Å²) in [6.07, 6.45) is 4.15. The first-order valence-corrected chi connectivity index (χ1v) is 6.25. The van der Waals surface area contributed by atoms with Gasteiger partial charge in [0.05, 0.1) is 16.9 Å². The number of amides is 1. The van der Waals surface area contributed by atoms with E-state index in [2.05, 4.69) is 4.98 Å². The zero-order chi connectivity index (χ0) is 13.9. The molecule has 0 saturated heterocycles. The number of hydrogen-bond donors (Lipinski definition) is 1. The molecule has 1 aromatic rings. The van der Waals surface area contributed by atoms with Crippen LogP contribution in [-0.4, -0.2) is 32.4 Å². The summed E-state index contributed by atoms with van der Waals surface area (Å²) in [5, 5.41) is 0. The molecule has 0 bridgehead atoms. The third kappa shape index (κ3) is 2.69. The molecule has 1 unspecified atom stereocenters. The molecule has 0 aliphatic carbocycles. The first-order chi connectivity index (χ1) is 8.32. The van der Waals surface area contributed by atoms with Gasteiger partial charge in [0.2, 0.25) is 5.91 Å². The van der Waals surface area contributed by atoms with Crippen LogP contribution in [0.1, 0.15) is 26.1 Å². The van der Waals surface area contributed by atoms with Gasteiger partial charge in [0, 0.05) is 26.5 Å². The number of hydrogen-bond acceptors (Lipinski definition) is 3. The number of rotatable bonds is 5. The van der Waals surface area contributed by atoms with Crippen LogP contribution in [0, 0.1) is 5.41 Å². The number of nitrogens with zero attached hydrogens (tertiary/aromatic N) is 3. The van der Waals surface area contributed by atoms with Crippen molar-refractivity contribution in [3.63, 3.8) is 0 Å². The molecule has 18 heavy (non-hydrogen) atoms. The van der Waals surface area contributed by atoms with Gasteiger partial charge in [-0.1, -0.05) is 19.1 Å². The minimum atomic E-state index is -0.782. The Bertz CT molecular complexity index is 457. The van der Waals surface area contributed by atoms with Gasteiger partial charge in [-0.05, 0) is 13.3 Å². The Kier molecular flexibility index (Phi) is 4.45. The molecule has 0 aliphatic rings. The zero-order valence-electron chi connectivity index (χ0n) is 11.3. The molecule has 100 valence electrons. The first-order valence-electron chi connectivity index (χ1n) is 5.84. The number of carbonyl (C=O) groups is 1. The highest BCUT2D eigenvalue weighted by atomic mass is 32.1. The van der Waals surface area contributed by atoms with Crippen molar-refractivity contribution in [3.05, 3.63) is 18.2 Å². The molecule has 0 aromatic carbocycles. The quantitative estimate of drug-likeness (QED) is 0.812. The van der Waals surface area contributed by atoms with Crippen LogP contribution in [0.15, 0.2) is 12.4 Å². The number of carbonyl (C=O) groups excluding carboxylic acids is 1. The fraction of sp³-hybridized carbons (Fsp3) is 0.583. The van der Waals surface area contributed by atoms with Crippen LogP contribution in [0.4, 0.5) is 0 Å². The van der Waals surface area contributed by atoms with Crippen molar-refractivity contribution in [2.75, 3.05) is 7.05 Å². The van der Waals surface area contributed by atoms with E-state index in [9.17, 15) is 4.79 Å². The minimum absolute atomic E-state index is 0.0690. The van der Waals surface area contributed by atoms with Gasteiger partial charge in [0.25, 0.3) is 0 Å². The highest BCUT2D eigenvalue weighted by Gasteiger charge is 2.36. The fourth-order valence-electron chi connectivity index (χ4n) is 1.68. The van der Waals surface area contributed by atoms with Crippen molar-refractivity contribution in [1.82, 2.24) is 14.5 Å². The number of aryl methyl sites for hydroxylation is 1. The van der Waals surface area contributed by atoms with Crippen LogP contribution >= 0.6 is 12.2 Å². The van der Waals surface area contributed by atoms with Crippen LogP contribution in [-0.2, 0) is 18.4 Å². The molecule has 2 N–H and O–H groups in total. The van der Waals surface area contributed by atoms with E-state index in [1.54, 1.807) is 25.1 Å². The van der Waals surface area contributed by atoms with Crippen molar-refractivity contribution >= 4 is 23.1 Å². The van der Waals surface area contributed by atoms with Gasteiger partial charge in [-0.3, -0.25) is 4.79 Å². The molecular formula is C12H20N4OS. The molecule has 5 nitrogen and oxygen atoms in total. The predicted molar refractivity (Wildman–Crippen MR) is 74.9 cm³/mol. The summed E-state index contributed by atoms with van der Waals surface area (Å²) in [7, 11) is 3.64. The highest BCUT2D eigenvalue weighted by molar-refractivity contribution is 7.80. The topological polar surface area (TPSA) is 64.2 Å². The summed E-state index contributed by atoms with van der Waals surface area (Å²) in [5.41, 5.74) is 4.90. The third-order valence-electron chi connectivity index (χ3n) is 3.37. The maximum atomic E-state index is 12.4. The molecule has 0 spiro atoms. The second-order valence-corrected chi connectivity index (χ2v) is 5.11. The Morgan fingerprint density at radius 2 is 2.28 bits per heavy atom. The molecular weight excluding hydrogens is 248 g/mol. The molecule has 1 rings (SSSR count). The van der Waals surface area contributed by atoms with Gasteiger partial charge in [-0.2, -0.15) is 0 Å². The summed E-state index contributed by atoms with van der Waals surface area (Å²) in [6.45, 7) is 4.14. The van der Waals surface area contributed by atoms with Crippen molar-refractivity contribution in [3.8, 4) is 0 Å². The maximum Gasteiger partial charge on any atom is 0.235 e. The second-order valence-electron chi connectivity index (χ2n) is 4.67. The Labute approximate surface area is 113 Å². The van der Waals surface area contributed by atoms with Crippen LogP contribution < -0.4 is 5.73 Å². The summed E-state index contributed by atoms with van der Waals surface area (Å²) < 4.78 is 1.88. The normalized spacial score (nSPS) is 14.0. The lowest BCUT2D eigenvalue weighted by Gasteiger charge is -2.30. The molecule has 1 heterocycles. The molecule has 1 atom stereocenters. The molecule has 1 aromatic heterocycles. The Balaban J connectivity index is 2.84. The van der Waals surface area contributed by atoms with E-state index in [4.69, 9.17) is 18.0 Å². The van der Waals surface area contributed by atoms with Gasteiger partial charge in [0.15, 0.2) is 0 Å². The van der Waals surface area contributed by atoms with E-state index < -0.39 is 5.41 Å². The van der Waals surface area contributed by atoms with Gasteiger partial charge in [-0.25, -0.2) is 4.98 Å². The Morgan fingerprint density at radius 1 is 1.67 bits per heavy atom. The van der Waals surface area contributed by atoms with E-state index in [0.29, 0.717) is 13.0 Å². The van der Waals surface area contributed by atoms with Crippen LogP contribution in [0.5, 0.6) is 0 Å². The lowest BCUT2D eigenvalue weighted by Crippen LogP contribution is -2.47. The van der Waals surface area contributed by atoms with E-state index >= 15 is 0 Å². The van der Waals surface area contributed by atoms with Gasteiger partial charge in [-0.15, -0.1) is 0 Å². The predicted octanol–water partition coefficient (Wildman–Crippen LogP) is 1.08. The van der Waals surface area contributed by atoms with Crippen molar-refractivity contribution in [1.29, 1.82) is 0 Å². The van der Waals surface area contributed by atoms with Gasteiger partial charge in [0.1, 0.15) is 5.82 Å². The molecule has 0 saturated carbocycles. The van der Waals surface area contributed by atoms with E-state index in [-0.39, 0.29) is 10.9 Å². The van der Waals surface area contributed by atoms with Crippen molar-refractivity contribution in [2.24, 2.45) is 18.2 Å². The number of thiocarbonyl (C=S) groups is 1. The monoisotopic (exact) mass is 268 g/mol. The smallest absolute Gasteiger partial charge is 0.235 e. The standard InChI is InChI=1S/C12H20N4OS/c1-5-12(2,10(13)18)11(17)16(4)8-9-14-6-7-15(9)3/h6-7H,5,8H2,1-4H3,(H2,13,18). The summed E-state index contributed by atoms with van der Waals surface area (Å²) in [4.78, 5) is 18.4. The summed E-state index contributed by atoms with van der Waals surface area (Å²) >= 11 is 5.01. The summed E-state index contributed by atoms with van der Waals surface area (Å²) in [5.74, 6) is 0.757. The second kappa shape index (κ2) is 5.48. The zero-order valence-corrected chi connectivity index (χ0v) is 12.1. The molecule has 0 fully saturated rings. The number of nitrogens with two attached hydrogens (primary N) is 1. The molecule has 6 heteroatoms. The first kappa shape index (κ1) is 14.6. The van der Waals surface area contributed by atoms with Gasteiger partial charge >= 0.3 is 0 Å². The van der Waals surface area contributed by atoms with E-state index in [0.717, 1.165) is 5.82 Å². The van der Waals surface area contributed by atoms with Crippen LogP contribution in [0.3, 0.4) is 0 Å². The number of imidazole rings is 1. The van der Waals surface area contributed by atoms with E-state index in [1.165, 1.54) is 0 Å². The third-order valence-corrected chi connectivity index (χ3v) is 3.82. The van der Waals surface area contributed by atoms with Gasteiger partial charge < -0.3 is 15.2 Å². The number of aromatic nitrogens is 2. The lowest BCUT2D eigenvalue weighted by molar-refractivity contribution is -0.137. The fourth-order valence-corrected chi connectivity index (χ4v) is 1.92. The average molecular weight is 268 g/mol. The average Bonchev–Trinajstić information content (AvgIpc) is 2.72. The van der Waals surface area contributed by atoms with Crippen LogP contribution in [0.25, 0.3) is 0 Å². The molecule has 1 amide bonds. The molecule has 0 radical (unpaired) electrons. The van der Waals surface area contributed by atoms with Crippen LogP contribution in [0.2, 0.25) is 0 Å². The lowest BCUT2D eigenvalue weighted by atomic mass is 9.86.